The van der Waals surface area contributed by atoms with Gasteiger partial charge in [-0.3, -0.25) is 0 Å². The minimum Gasteiger partial charge on any atom is -0.399 e. The van der Waals surface area contributed by atoms with Crippen LogP contribution in [0.15, 0.2) is 48.5 Å². The quantitative estimate of drug-likeness (QED) is 0.787. The third-order valence-corrected chi connectivity index (χ3v) is 4.79. The predicted molar refractivity (Wildman–Crippen MR) is 91.8 cm³/mol. The molecule has 2 heteroatoms. The molecule has 0 saturated heterocycles. The van der Waals surface area contributed by atoms with Gasteiger partial charge in [0.25, 0.3) is 0 Å². The van der Waals surface area contributed by atoms with Gasteiger partial charge in [0.2, 0.25) is 0 Å². The van der Waals surface area contributed by atoms with E-state index in [1.165, 1.54) is 30.4 Å². The average molecular weight is 295 g/mol. The Balaban J connectivity index is 2.06. The van der Waals surface area contributed by atoms with Gasteiger partial charge in [0.15, 0.2) is 0 Å². The molecule has 0 heterocycles. The summed E-state index contributed by atoms with van der Waals surface area (Å²) in [5.74, 6) is 0.875. The third kappa shape index (κ3) is 3.02. The molecule has 1 saturated carbocycles. The fraction of sp³-hybridized carbons (Fsp3) is 0.400. The molecule has 1 aliphatic rings. The SMILES string of the molecule is COC(CCC1CC1)(c1cccc(C)c1)c1cccc(N)c1. The van der Waals surface area contributed by atoms with Crippen molar-refractivity contribution in [1.29, 1.82) is 0 Å². The fourth-order valence-corrected chi connectivity index (χ4v) is 3.29. The van der Waals surface area contributed by atoms with Crippen LogP contribution in [-0.4, -0.2) is 7.11 Å². The van der Waals surface area contributed by atoms with Gasteiger partial charge in [-0.25, -0.2) is 0 Å². The van der Waals surface area contributed by atoms with Crippen LogP contribution in [-0.2, 0) is 10.3 Å². The van der Waals surface area contributed by atoms with Crippen LogP contribution in [0.5, 0.6) is 0 Å². The monoisotopic (exact) mass is 295 g/mol. The molecule has 0 radical (unpaired) electrons. The van der Waals surface area contributed by atoms with Crippen molar-refractivity contribution in [1.82, 2.24) is 0 Å². The highest BCUT2D eigenvalue weighted by Crippen LogP contribution is 2.43. The van der Waals surface area contributed by atoms with E-state index < -0.39 is 5.60 Å². The van der Waals surface area contributed by atoms with Crippen LogP contribution in [0.4, 0.5) is 5.69 Å². The molecule has 0 spiro atoms. The van der Waals surface area contributed by atoms with Gasteiger partial charge in [0, 0.05) is 12.8 Å². The van der Waals surface area contributed by atoms with Crippen molar-refractivity contribution in [3.63, 3.8) is 0 Å². The summed E-state index contributed by atoms with van der Waals surface area (Å²) in [7, 11) is 1.82. The first-order valence-corrected chi connectivity index (χ1v) is 8.12. The van der Waals surface area contributed by atoms with Gasteiger partial charge in [0.05, 0.1) is 0 Å². The second kappa shape index (κ2) is 6.13. The van der Waals surface area contributed by atoms with E-state index in [0.29, 0.717) is 0 Å². The minimum absolute atomic E-state index is 0.399. The second-order valence-corrected chi connectivity index (χ2v) is 6.51. The summed E-state index contributed by atoms with van der Waals surface area (Å²) in [6.45, 7) is 2.13. The Morgan fingerprint density at radius 2 is 1.77 bits per heavy atom. The molecule has 2 nitrogen and oxygen atoms in total. The minimum atomic E-state index is -0.399. The Labute approximate surface area is 133 Å². The Kier molecular flexibility index (Phi) is 4.21. The zero-order valence-electron chi connectivity index (χ0n) is 13.5. The van der Waals surface area contributed by atoms with Crippen LogP contribution >= 0.6 is 0 Å². The Hall–Kier alpha value is -1.80. The molecule has 22 heavy (non-hydrogen) atoms. The number of nitrogens with two attached hydrogens (primary N) is 1. The Bertz CT molecular complexity index is 600. The second-order valence-electron chi connectivity index (χ2n) is 6.51. The van der Waals surface area contributed by atoms with Gasteiger partial charge < -0.3 is 10.5 Å². The summed E-state index contributed by atoms with van der Waals surface area (Å²) in [5.41, 5.74) is 10.1. The molecule has 2 aromatic rings. The maximum atomic E-state index is 6.14. The lowest BCUT2D eigenvalue weighted by Gasteiger charge is -2.34. The lowest BCUT2D eigenvalue weighted by Crippen LogP contribution is -2.30. The first-order chi connectivity index (χ1) is 10.6. The summed E-state index contributed by atoms with van der Waals surface area (Å²) in [5, 5.41) is 0. The Morgan fingerprint density at radius 3 is 2.36 bits per heavy atom. The lowest BCUT2D eigenvalue weighted by atomic mass is 9.81. The van der Waals surface area contributed by atoms with E-state index in [-0.39, 0.29) is 0 Å². The molecule has 3 rings (SSSR count). The smallest absolute Gasteiger partial charge is 0.118 e. The van der Waals surface area contributed by atoms with Crippen LogP contribution in [0.25, 0.3) is 0 Å². The number of methoxy groups -OCH3 is 1. The molecular formula is C20H25NO. The number of aryl methyl sites for hydroxylation is 1. The standard InChI is InChI=1S/C20H25NO/c1-15-5-3-6-17(13-15)20(22-2,12-11-16-9-10-16)18-7-4-8-19(21)14-18/h3-8,13-14,16H,9-12,21H2,1-2H3. The van der Waals surface area contributed by atoms with E-state index in [0.717, 1.165) is 23.6 Å². The molecule has 2 N–H and O–H groups in total. The first-order valence-electron chi connectivity index (χ1n) is 8.12. The van der Waals surface area contributed by atoms with Crippen molar-refractivity contribution in [2.24, 2.45) is 5.92 Å². The van der Waals surface area contributed by atoms with Crippen molar-refractivity contribution >= 4 is 5.69 Å². The number of ether oxygens (including phenoxy) is 1. The number of hydrogen-bond donors (Lipinski definition) is 1. The van der Waals surface area contributed by atoms with Gasteiger partial charge in [-0.15, -0.1) is 0 Å². The summed E-state index contributed by atoms with van der Waals surface area (Å²) < 4.78 is 6.14. The number of nitrogen functional groups attached to an aromatic ring is 1. The normalized spacial score (nSPS) is 17.2. The Morgan fingerprint density at radius 1 is 1.09 bits per heavy atom. The molecule has 2 aromatic carbocycles. The average Bonchev–Trinajstić information content (AvgIpc) is 3.33. The predicted octanol–water partition coefficient (Wildman–Crippen LogP) is 4.66. The maximum Gasteiger partial charge on any atom is 0.118 e. The van der Waals surface area contributed by atoms with E-state index in [1.807, 2.05) is 19.2 Å². The van der Waals surface area contributed by atoms with Crippen LogP contribution in [0.1, 0.15) is 42.4 Å². The lowest BCUT2D eigenvalue weighted by molar-refractivity contribution is 0.0116. The molecular weight excluding hydrogens is 270 g/mol. The van der Waals surface area contributed by atoms with Crippen LogP contribution in [0.3, 0.4) is 0 Å². The highest BCUT2D eigenvalue weighted by Gasteiger charge is 2.36. The molecule has 0 aromatic heterocycles. The highest BCUT2D eigenvalue weighted by atomic mass is 16.5. The number of hydrogen-bond acceptors (Lipinski definition) is 2. The van der Waals surface area contributed by atoms with Gasteiger partial charge in [-0.05, 0) is 48.9 Å². The third-order valence-electron chi connectivity index (χ3n) is 4.79. The van der Waals surface area contributed by atoms with Gasteiger partial charge in [0.1, 0.15) is 5.60 Å². The zero-order chi connectivity index (χ0) is 15.6. The van der Waals surface area contributed by atoms with E-state index in [1.54, 1.807) is 0 Å². The van der Waals surface area contributed by atoms with Crippen molar-refractivity contribution < 1.29 is 4.74 Å². The molecule has 0 amide bonds. The van der Waals surface area contributed by atoms with Crippen molar-refractivity contribution in [2.45, 2.75) is 38.2 Å². The van der Waals surface area contributed by atoms with Crippen molar-refractivity contribution in [2.75, 3.05) is 12.8 Å². The van der Waals surface area contributed by atoms with E-state index in [9.17, 15) is 0 Å². The molecule has 1 unspecified atom stereocenters. The van der Waals surface area contributed by atoms with E-state index >= 15 is 0 Å². The summed E-state index contributed by atoms with van der Waals surface area (Å²) in [6, 6.07) is 16.8. The van der Waals surface area contributed by atoms with Gasteiger partial charge >= 0.3 is 0 Å². The van der Waals surface area contributed by atoms with Crippen LogP contribution in [0, 0.1) is 12.8 Å². The van der Waals surface area contributed by atoms with E-state index in [2.05, 4.69) is 43.3 Å². The summed E-state index contributed by atoms with van der Waals surface area (Å²) in [4.78, 5) is 0. The topological polar surface area (TPSA) is 35.2 Å². The first kappa shape index (κ1) is 15.1. The molecule has 0 bridgehead atoms. The number of anilines is 1. The molecule has 116 valence electrons. The number of benzene rings is 2. The van der Waals surface area contributed by atoms with Crippen molar-refractivity contribution in [3.05, 3.63) is 65.2 Å². The fourth-order valence-electron chi connectivity index (χ4n) is 3.29. The molecule has 0 aliphatic heterocycles. The van der Waals surface area contributed by atoms with Crippen molar-refractivity contribution in [3.8, 4) is 0 Å². The highest BCUT2D eigenvalue weighted by molar-refractivity contribution is 5.47. The largest absolute Gasteiger partial charge is 0.399 e. The molecule has 1 aliphatic carbocycles. The van der Waals surface area contributed by atoms with Gasteiger partial charge in [-0.2, -0.15) is 0 Å². The summed E-state index contributed by atoms with van der Waals surface area (Å²) in [6.07, 6.45) is 4.94. The molecule has 1 fully saturated rings. The van der Waals surface area contributed by atoms with E-state index in [4.69, 9.17) is 10.5 Å². The van der Waals surface area contributed by atoms with Gasteiger partial charge in [-0.1, -0.05) is 54.8 Å². The molecule has 1 atom stereocenters. The summed E-state index contributed by atoms with van der Waals surface area (Å²) >= 11 is 0. The zero-order valence-corrected chi connectivity index (χ0v) is 13.5. The maximum absolute atomic E-state index is 6.14. The van der Waals surface area contributed by atoms with Crippen LogP contribution < -0.4 is 5.73 Å². The van der Waals surface area contributed by atoms with Crippen LogP contribution in [0.2, 0.25) is 0 Å². The number of rotatable bonds is 6.